The molecule has 1 aromatic carbocycles. The molecule has 0 aliphatic heterocycles. The molecule has 7 heteroatoms. The fraction of sp³-hybridized carbons (Fsp3) is 0.100. The third-order valence-corrected chi connectivity index (χ3v) is 4.73. The lowest BCUT2D eigenvalue weighted by Crippen LogP contribution is -2.40. The minimum atomic E-state index is -0.414. The second-order valence-corrected chi connectivity index (χ2v) is 6.49. The zero-order valence-electron chi connectivity index (χ0n) is 14.2. The van der Waals surface area contributed by atoms with Crippen molar-refractivity contribution in [1.82, 2.24) is 19.1 Å². The molecule has 0 saturated carbocycles. The monoisotopic (exact) mass is 378 g/mol. The Morgan fingerprint density at radius 2 is 1.63 bits per heavy atom. The van der Waals surface area contributed by atoms with Gasteiger partial charge >= 0.3 is 5.69 Å². The van der Waals surface area contributed by atoms with E-state index >= 15 is 0 Å². The zero-order chi connectivity index (χ0) is 18.8. The van der Waals surface area contributed by atoms with Gasteiger partial charge in [0.15, 0.2) is 5.52 Å². The van der Waals surface area contributed by atoms with E-state index in [1.807, 2.05) is 18.2 Å². The van der Waals surface area contributed by atoms with Crippen LogP contribution in [0.1, 0.15) is 11.1 Å². The summed E-state index contributed by atoms with van der Waals surface area (Å²) in [7, 11) is 0. The van der Waals surface area contributed by atoms with Crippen LogP contribution >= 0.6 is 11.6 Å². The predicted molar refractivity (Wildman–Crippen MR) is 104 cm³/mol. The second-order valence-electron chi connectivity index (χ2n) is 6.08. The van der Waals surface area contributed by atoms with Gasteiger partial charge in [-0.1, -0.05) is 29.8 Å². The molecule has 0 unspecified atom stereocenters. The molecule has 0 spiro atoms. The minimum absolute atomic E-state index is 0.148. The van der Waals surface area contributed by atoms with Crippen molar-refractivity contribution in [2.45, 2.75) is 13.1 Å². The minimum Gasteiger partial charge on any atom is -0.287 e. The largest absolute Gasteiger partial charge is 0.332 e. The predicted octanol–water partition coefficient (Wildman–Crippen LogP) is 2.70. The maximum Gasteiger partial charge on any atom is 0.332 e. The van der Waals surface area contributed by atoms with E-state index in [2.05, 4.69) is 9.97 Å². The Labute approximate surface area is 159 Å². The molecule has 0 saturated heterocycles. The maximum atomic E-state index is 13.2. The Morgan fingerprint density at radius 3 is 2.41 bits per heavy atom. The van der Waals surface area contributed by atoms with Crippen LogP contribution in [0, 0.1) is 0 Å². The number of nitrogens with zero attached hydrogens (tertiary/aromatic N) is 4. The molecule has 0 amide bonds. The van der Waals surface area contributed by atoms with Gasteiger partial charge in [-0.05, 0) is 41.5 Å². The first-order valence-corrected chi connectivity index (χ1v) is 8.73. The summed E-state index contributed by atoms with van der Waals surface area (Å²) in [6, 6.07) is 14.3. The molecule has 0 aliphatic carbocycles. The average molecular weight is 379 g/mol. The lowest BCUT2D eigenvalue weighted by molar-refractivity contribution is 0.633. The first kappa shape index (κ1) is 17.2. The first-order valence-electron chi connectivity index (χ1n) is 8.36. The molecule has 3 aromatic heterocycles. The van der Waals surface area contributed by atoms with Crippen LogP contribution < -0.4 is 11.2 Å². The average Bonchev–Trinajstić information content (AvgIpc) is 2.70. The highest BCUT2D eigenvalue weighted by molar-refractivity contribution is 6.31. The van der Waals surface area contributed by atoms with Crippen molar-refractivity contribution < 1.29 is 0 Å². The Hall–Kier alpha value is -3.25. The van der Waals surface area contributed by atoms with Gasteiger partial charge in [-0.25, -0.2) is 9.78 Å². The van der Waals surface area contributed by atoms with Crippen molar-refractivity contribution in [3.05, 3.63) is 104 Å². The smallest absolute Gasteiger partial charge is 0.287 e. The lowest BCUT2D eigenvalue weighted by atomic mass is 10.2. The molecule has 27 heavy (non-hydrogen) atoms. The van der Waals surface area contributed by atoms with E-state index in [1.54, 1.807) is 48.9 Å². The molecule has 134 valence electrons. The van der Waals surface area contributed by atoms with E-state index in [4.69, 9.17) is 11.6 Å². The van der Waals surface area contributed by atoms with Gasteiger partial charge < -0.3 is 0 Å². The number of hydrogen-bond donors (Lipinski definition) is 0. The molecule has 0 radical (unpaired) electrons. The van der Waals surface area contributed by atoms with Crippen LogP contribution in [-0.2, 0) is 13.1 Å². The quantitative estimate of drug-likeness (QED) is 0.547. The number of pyridine rings is 2. The molecule has 0 bridgehead atoms. The summed E-state index contributed by atoms with van der Waals surface area (Å²) in [5.74, 6) is 0. The molecule has 0 aliphatic rings. The number of rotatable bonds is 4. The van der Waals surface area contributed by atoms with Crippen molar-refractivity contribution in [1.29, 1.82) is 0 Å². The topological polar surface area (TPSA) is 69.8 Å². The number of hydrogen-bond acceptors (Lipinski definition) is 4. The molecule has 6 nitrogen and oxygen atoms in total. The van der Waals surface area contributed by atoms with Gasteiger partial charge in [0.05, 0.1) is 18.6 Å². The van der Waals surface area contributed by atoms with Crippen molar-refractivity contribution in [3.63, 3.8) is 0 Å². The first-order chi connectivity index (χ1) is 13.1. The van der Waals surface area contributed by atoms with Crippen molar-refractivity contribution >= 4 is 22.6 Å². The van der Waals surface area contributed by atoms with Crippen LogP contribution in [0.2, 0.25) is 5.02 Å². The molecule has 4 rings (SSSR count). The van der Waals surface area contributed by atoms with Crippen LogP contribution in [0.25, 0.3) is 11.0 Å². The molecule has 0 fully saturated rings. The highest BCUT2D eigenvalue weighted by Crippen LogP contribution is 2.17. The van der Waals surface area contributed by atoms with Gasteiger partial charge in [0.1, 0.15) is 0 Å². The van der Waals surface area contributed by atoms with Crippen molar-refractivity contribution in [2.75, 3.05) is 0 Å². The van der Waals surface area contributed by atoms with Gasteiger partial charge in [-0.15, -0.1) is 0 Å². The van der Waals surface area contributed by atoms with Gasteiger partial charge in [0, 0.05) is 23.6 Å². The Bertz CT molecular complexity index is 1230. The Kier molecular flexibility index (Phi) is 4.56. The van der Waals surface area contributed by atoms with E-state index in [9.17, 15) is 9.59 Å². The SMILES string of the molecule is O=c1c2ncccc2n(Cc2ccccc2Cl)c(=O)n1Cc1ccncc1. The molecular weight excluding hydrogens is 364 g/mol. The molecule has 3 heterocycles. The van der Waals surface area contributed by atoms with E-state index in [0.29, 0.717) is 10.5 Å². The zero-order valence-corrected chi connectivity index (χ0v) is 15.0. The van der Waals surface area contributed by atoms with Crippen LogP contribution in [0.5, 0.6) is 0 Å². The van der Waals surface area contributed by atoms with Crippen LogP contribution in [-0.4, -0.2) is 19.1 Å². The van der Waals surface area contributed by atoms with Crippen molar-refractivity contribution in [2.24, 2.45) is 0 Å². The summed E-state index contributed by atoms with van der Waals surface area (Å²) < 4.78 is 2.73. The highest BCUT2D eigenvalue weighted by atomic mass is 35.5. The van der Waals surface area contributed by atoms with E-state index in [1.165, 1.54) is 9.13 Å². The summed E-state index contributed by atoms with van der Waals surface area (Å²) in [4.78, 5) is 34.2. The van der Waals surface area contributed by atoms with Gasteiger partial charge in [0.2, 0.25) is 0 Å². The summed E-state index contributed by atoms with van der Waals surface area (Å²) in [5, 5.41) is 0.563. The number of fused-ring (bicyclic) bond motifs is 1. The second kappa shape index (κ2) is 7.17. The van der Waals surface area contributed by atoms with Gasteiger partial charge in [0.25, 0.3) is 5.56 Å². The maximum absolute atomic E-state index is 13.2. The van der Waals surface area contributed by atoms with Crippen molar-refractivity contribution in [3.8, 4) is 0 Å². The Morgan fingerprint density at radius 1 is 0.852 bits per heavy atom. The van der Waals surface area contributed by atoms with E-state index in [-0.39, 0.29) is 18.6 Å². The Balaban J connectivity index is 1.93. The van der Waals surface area contributed by atoms with Gasteiger partial charge in [-0.2, -0.15) is 0 Å². The molecule has 0 atom stereocenters. The third-order valence-electron chi connectivity index (χ3n) is 4.36. The van der Waals surface area contributed by atoms with Crippen LogP contribution in [0.15, 0.2) is 76.7 Å². The van der Waals surface area contributed by atoms with E-state index in [0.717, 1.165) is 11.1 Å². The summed E-state index contributed by atoms with van der Waals surface area (Å²) >= 11 is 6.27. The van der Waals surface area contributed by atoms with Crippen LogP contribution in [0.4, 0.5) is 0 Å². The third kappa shape index (κ3) is 3.27. The molecule has 0 N–H and O–H groups in total. The fourth-order valence-electron chi connectivity index (χ4n) is 3.00. The number of benzene rings is 1. The molecule has 4 aromatic rings. The van der Waals surface area contributed by atoms with Crippen LogP contribution in [0.3, 0.4) is 0 Å². The molecular formula is C20H15ClN4O2. The van der Waals surface area contributed by atoms with E-state index < -0.39 is 11.2 Å². The normalized spacial score (nSPS) is 11.0. The standard InChI is InChI=1S/C20H15ClN4O2/c21-16-5-2-1-4-15(16)13-24-17-6-3-9-23-18(17)19(26)25(20(24)27)12-14-7-10-22-11-8-14/h1-11H,12-13H2. The summed E-state index contributed by atoms with van der Waals surface area (Å²) in [6.45, 7) is 0.395. The number of aromatic nitrogens is 4. The van der Waals surface area contributed by atoms with Gasteiger partial charge in [-0.3, -0.25) is 18.9 Å². The number of halogens is 1. The summed E-state index contributed by atoms with van der Waals surface area (Å²) in [6.07, 6.45) is 4.80. The highest BCUT2D eigenvalue weighted by Gasteiger charge is 2.15. The lowest BCUT2D eigenvalue weighted by Gasteiger charge is -2.14. The summed E-state index contributed by atoms with van der Waals surface area (Å²) in [5.41, 5.74) is 1.51. The fourth-order valence-corrected chi connectivity index (χ4v) is 3.20.